The summed E-state index contributed by atoms with van der Waals surface area (Å²) in [6.45, 7) is 5.20. The van der Waals surface area contributed by atoms with Crippen LogP contribution >= 0.6 is 0 Å². The van der Waals surface area contributed by atoms with Gasteiger partial charge >= 0.3 is 0 Å². The molecule has 0 spiro atoms. The summed E-state index contributed by atoms with van der Waals surface area (Å²) in [7, 11) is 1.94. The number of rotatable bonds is 4. The van der Waals surface area contributed by atoms with Crippen molar-refractivity contribution in [2.24, 2.45) is 13.0 Å². The van der Waals surface area contributed by atoms with E-state index in [0.29, 0.717) is 30.0 Å². The first kappa shape index (κ1) is 17.3. The third-order valence-corrected chi connectivity index (χ3v) is 5.99. The number of hydrogen-bond donors (Lipinski definition) is 2. The number of nitrogens with one attached hydrogen (secondary N) is 1. The van der Waals surface area contributed by atoms with Crippen molar-refractivity contribution in [2.45, 2.75) is 25.8 Å². The average Bonchev–Trinajstić information content (AvgIpc) is 3.38. The van der Waals surface area contributed by atoms with Gasteiger partial charge in [0.2, 0.25) is 0 Å². The Kier molecular flexibility index (Phi) is 3.94. The van der Waals surface area contributed by atoms with Gasteiger partial charge in [-0.1, -0.05) is 0 Å². The Labute approximate surface area is 162 Å². The lowest BCUT2D eigenvalue weighted by molar-refractivity contribution is 0.122. The van der Waals surface area contributed by atoms with Crippen molar-refractivity contribution >= 4 is 22.5 Å². The standard InChI is InChI=1S/C19H25N7O2/c1-11(12-3-4-12)26-10-13(17-16(19(26)27)18(20)22-21-17)14-9-15(24(2)23-14)25-5-7-28-8-6-25/h9-12H,3-8H2,1-2H3,(H3,20,21,22)/t11-/m1/s1. The Morgan fingerprint density at radius 1 is 1.32 bits per heavy atom. The van der Waals surface area contributed by atoms with Gasteiger partial charge < -0.3 is 19.9 Å². The van der Waals surface area contributed by atoms with E-state index in [0.717, 1.165) is 43.0 Å². The molecule has 0 radical (unpaired) electrons. The fraction of sp³-hybridized carbons (Fsp3) is 0.526. The lowest BCUT2D eigenvalue weighted by Crippen LogP contribution is -2.37. The van der Waals surface area contributed by atoms with Crippen LogP contribution in [-0.2, 0) is 11.8 Å². The minimum absolute atomic E-state index is 0.0891. The Morgan fingerprint density at radius 2 is 2.07 bits per heavy atom. The summed E-state index contributed by atoms with van der Waals surface area (Å²) in [5.41, 5.74) is 8.24. The van der Waals surface area contributed by atoms with Crippen LogP contribution in [-0.4, -0.2) is 50.8 Å². The Morgan fingerprint density at radius 3 is 2.79 bits per heavy atom. The van der Waals surface area contributed by atoms with Crippen LogP contribution < -0.4 is 16.2 Å². The van der Waals surface area contributed by atoms with Gasteiger partial charge in [-0.25, -0.2) is 0 Å². The Balaban J connectivity index is 1.66. The molecule has 9 heteroatoms. The third-order valence-electron chi connectivity index (χ3n) is 5.99. The molecule has 3 aromatic rings. The molecule has 1 saturated heterocycles. The van der Waals surface area contributed by atoms with Crippen LogP contribution in [0.2, 0.25) is 0 Å². The number of aromatic amines is 1. The van der Waals surface area contributed by atoms with Gasteiger partial charge in [-0.2, -0.15) is 10.2 Å². The number of aryl methyl sites for hydroxylation is 1. The van der Waals surface area contributed by atoms with Crippen molar-refractivity contribution < 1.29 is 4.74 Å². The molecule has 2 fully saturated rings. The van der Waals surface area contributed by atoms with Gasteiger partial charge in [0.25, 0.3) is 5.56 Å². The minimum Gasteiger partial charge on any atom is -0.382 e. The molecule has 1 aliphatic carbocycles. The molecule has 148 valence electrons. The van der Waals surface area contributed by atoms with Crippen LogP contribution in [0.3, 0.4) is 0 Å². The number of ether oxygens (including phenoxy) is 1. The van der Waals surface area contributed by atoms with Crippen LogP contribution in [0.25, 0.3) is 22.2 Å². The lowest BCUT2D eigenvalue weighted by atomic mass is 10.1. The largest absolute Gasteiger partial charge is 0.382 e. The summed E-state index contributed by atoms with van der Waals surface area (Å²) in [5.74, 6) is 1.82. The van der Waals surface area contributed by atoms with Gasteiger partial charge in [0.1, 0.15) is 11.2 Å². The van der Waals surface area contributed by atoms with Crippen molar-refractivity contribution in [1.82, 2.24) is 24.5 Å². The molecule has 0 amide bonds. The highest BCUT2D eigenvalue weighted by molar-refractivity contribution is 5.97. The molecule has 1 atom stereocenters. The van der Waals surface area contributed by atoms with E-state index in [1.807, 2.05) is 22.5 Å². The van der Waals surface area contributed by atoms with Crippen LogP contribution in [0.15, 0.2) is 17.1 Å². The first-order valence-corrected chi connectivity index (χ1v) is 9.80. The van der Waals surface area contributed by atoms with Crippen LogP contribution in [0.5, 0.6) is 0 Å². The van der Waals surface area contributed by atoms with Crippen LogP contribution in [0, 0.1) is 5.92 Å². The maximum Gasteiger partial charge on any atom is 0.264 e. The zero-order chi connectivity index (χ0) is 19.4. The molecule has 3 N–H and O–H groups in total. The van der Waals surface area contributed by atoms with E-state index < -0.39 is 0 Å². The fourth-order valence-corrected chi connectivity index (χ4v) is 4.14. The van der Waals surface area contributed by atoms with Crippen LogP contribution in [0.1, 0.15) is 25.8 Å². The molecule has 1 saturated carbocycles. The molecule has 2 aliphatic rings. The number of nitrogens with two attached hydrogens (primary N) is 1. The van der Waals surface area contributed by atoms with Gasteiger partial charge in [0.15, 0.2) is 5.82 Å². The van der Waals surface area contributed by atoms with Crippen molar-refractivity contribution in [2.75, 3.05) is 36.9 Å². The number of anilines is 2. The maximum atomic E-state index is 13.1. The van der Waals surface area contributed by atoms with Crippen molar-refractivity contribution in [1.29, 1.82) is 0 Å². The zero-order valence-electron chi connectivity index (χ0n) is 16.2. The smallest absolute Gasteiger partial charge is 0.264 e. The molecule has 3 aromatic heterocycles. The van der Waals surface area contributed by atoms with Crippen molar-refractivity contribution in [3.05, 3.63) is 22.6 Å². The zero-order valence-corrected chi connectivity index (χ0v) is 16.2. The first-order chi connectivity index (χ1) is 13.5. The Hall–Kier alpha value is -2.81. The van der Waals surface area contributed by atoms with Gasteiger partial charge in [-0.15, -0.1) is 0 Å². The maximum absolute atomic E-state index is 13.1. The Bertz CT molecular complexity index is 1090. The van der Waals surface area contributed by atoms with E-state index in [1.54, 1.807) is 0 Å². The highest BCUT2D eigenvalue weighted by atomic mass is 16.5. The number of aromatic nitrogens is 5. The summed E-state index contributed by atoms with van der Waals surface area (Å²) >= 11 is 0. The highest BCUT2D eigenvalue weighted by Gasteiger charge is 2.31. The highest BCUT2D eigenvalue weighted by Crippen LogP contribution is 2.40. The first-order valence-electron chi connectivity index (χ1n) is 9.80. The van der Waals surface area contributed by atoms with E-state index in [1.165, 1.54) is 0 Å². The second-order valence-electron chi connectivity index (χ2n) is 7.80. The molecule has 28 heavy (non-hydrogen) atoms. The monoisotopic (exact) mass is 383 g/mol. The predicted octanol–water partition coefficient (Wildman–Crippen LogP) is 1.51. The van der Waals surface area contributed by atoms with Gasteiger partial charge in [-0.05, 0) is 25.7 Å². The summed E-state index contributed by atoms with van der Waals surface area (Å²) in [4.78, 5) is 15.3. The van der Waals surface area contributed by atoms with Gasteiger partial charge in [0.05, 0.1) is 24.4 Å². The van der Waals surface area contributed by atoms with E-state index in [9.17, 15) is 4.79 Å². The number of fused-ring (bicyclic) bond motifs is 1. The van der Waals surface area contributed by atoms with Crippen LogP contribution in [0.4, 0.5) is 11.6 Å². The second-order valence-corrected chi connectivity index (χ2v) is 7.80. The number of morpholine rings is 1. The molecule has 5 rings (SSSR count). The SMILES string of the molecule is C[C@H](C1CC1)n1cc(-c2cc(N3CCOCC3)n(C)n2)c2[nH]nc(N)c2c1=O. The molecule has 0 bridgehead atoms. The minimum atomic E-state index is -0.0891. The van der Waals surface area contributed by atoms with E-state index in [-0.39, 0.29) is 17.4 Å². The number of nitrogens with zero attached hydrogens (tertiary/aromatic N) is 5. The predicted molar refractivity (Wildman–Crippen MR) is 107 cm³/mol. The van der Waals surface area contributed by atoms with Crippen molar-refractivity contribution in [3.63, 3.8) is 0 Å². The summed E-state index contributed by atoms with van der Waals surface area (Å²) in [5, 5.41) is 12.2. The molecular formula is C19H25N7O2. The number of pyridine rings is 1. The summed E-state index contributed by atoms with van der Waals surface area (Å²) in [6, 6.07) is 2.20. The van der Waals surface area contributed by atoms with Crippen molar-refractivity contribution in [3.8, 4) is 11.3 Å². The normalized spacial score (nSPS) is 18.7. The number of hydrogen-bond acceptors (Lipinski definition) is 6. The fourth-order valence-electron chi connectivity index (χ4n) is 4.14. The second kappa shape index (κ2) is 6.37. The summed E-state index contributed by atoms with van der Waals surface area (Å²) in [6.07, 6.45) is 4.23. The van der Waals surface area contributed by atoms with E-state index in [2.05, 4.69) is 28.1 Å². The molecule has 0 unspecified atom stereocenters. The molecule has 9 nitrogen and oxygen atoms in total. The van der Waals surface area contributed by atoms with Gasteiger partial charge in [-0.3, -0.25) is 14.6 Å². The number of H-pyrrole nitrogens is 1. The molecule has 0 aromatic carbocycles. The van der Waals surface area contributed by atoms with E-state index >= 15 is 0 Å². The quantitative estimate of drug-likeness (QED) is 0.707. The molecular weight excluding hydrogens is 358 g/mol. The van der Waals surface area contributed by atoms with Gasteiger partial charge in [0, 0.05) is 44.0 Å². The third kappa shape index (κ3) is 2.69. The summed E-state index contributed by atoms with van der Waals surface area (Å²) < 4.78 is 9.15. The topological polar surface area (TPSA) is 107 Å². The van der Waals surface area contributed by atoms with E-state index in [4.69, 9.17) is 15.6 Å². The molecule has 1 aliphatic heterocycles. The number of nitrogen functional groups attached to an aromatic ring is 1. The lowest BCUT2D eigenvalue weighted by Gasteiger charge is -2.28. The molecule has 4 heterocycles. The average molecular weight is 383 g/mol.